The van der Waals surface area contributed by atoms with Crippen LogP contribution >= 0.6 is 0 Å². The second-order valence-electron chi connectivity index (χ2n) is 4.29. The Labute approximate surface area is 78.7 Å². The summed E-state index contributed by atoms with van der Waals surface area (Å²) in [5.41, 5.74) is 0. The zero-order chi connectivity index (χ0) is 9.26. The molecule has 1 unspecified atom stereocenters. The lowest BCUT2D eigenvalue weighted by Gasteiger charge is -2.31. The summed E-state index contributed by atoms with van der Waals surface area (Å²) in [5.74, 6) is 0.164. The van der Waals surface area contributed by atoms with Crippen LogP contribution in [0.4, 0.5) is 0 Å². The third-order valence-electron chi connectivity index (χ3n) is 3.37. The number of hydrogen-bond donors (Lipinski definition) is 1. The zero-order valence-electron chi connectivity index (χ0n) is 7.91. The lowest BCUT2D eigenvalue weighted by molar-refractivity contribution is -0.142. The largest absolute Gasteiger partial charge is 0.480 e. The average molecular weight is 183 g/mol. The molecule has 1 heterocycles. The van der Waals surface area contributed by atoms with Gasteiger partial charge >= 0.3 is 5.97 Å². The Kier molecular flexibility index (Phi) is 2.54. The average Bonchev–Trinajstić information content (AvgIpc) is 2.44. The van der Waals surface area contributed by atoms with E-state index >= 15 is 0 Å². The van der Waals surface area contributed by atoms with E-state index in [4.69, 9.17) is 5.11 Å². The summed E-state index contributed by atoms with van der Waals surface area (Å²) in [5, 5.41) is 8.95. The molecule has 1 saturated carbocycles. The van der Waals surface area contributed by atoms with Crippen LogP contribution in [0.15, 0.2) is 0 Å². The maximum Gasteiger partial charge on any atom is 0.320 e. The maximum atomic E-state index is 10.9. The Bertz CT molecular complexity index is 201. The second kappa shape index (κ2) is 3.66. The molecule has 0 aromatic carbocycles. The highest BCUT2D eigenvalue weighted by atomic mass is 16.4. The van der Waals surface area contributed by atoms with Gasteiger partial charge in [0, 0.05) is 6.54 Å². The van der Waals surface area contributed by atoms with Crippen LogP contribution in [0.5, 0.6) is 0 Å². The third-order valence-corrected chi connectivity index (χ3v) is 3.37. The van der Waals surface area contributed by atoms with Gasteiger partial charge in [0.25, 0.3) is 0 Å². The van der Waals surface area contributed by atoms with Crippen molar-refractivity contribution in [3.8, 4) is 0 Å². The molecule has 3 nitrogen and oxygen atoms in total. The molecule has 0 radical (unpaired) electrons. The molecule has 1 saturated heterocycles. The van der Waals surface area contributed by atoms with E-state index in [2.05, 4.69) is 4.90 Å². The van der Waals surface area contributed by atoms with Crippen LogP contribution in [-0.2, 0) is 4.79 Å². The molecule has 0 aromatic heterocycles. The minimum absolute atomic E-state index is 0.180. The van der Waals surface area contributed by atoms with Crippen LogP contribution in [0.25, 0.3) is 0 Å². The number of carbonyl (C=O) groups is 1. The van der Waals surface area contributed by atoms with E-state index < -0.39 is 5.97 Å². The van der Waals surface area contributed by atoms with Crippen molar-refractivity contribution in [1.29, 1.82) is 0 Å². The van der Waals surface area contributed by atoms with Gasteiger partial charge in [-0.1, -0.05) is 6.42 Å². The Morgan fingerprint density at radius 2 is 2.08 bits per heavy atom. The van der Waals surface area contributed by atoms with Gasteiger partial charge in [0.15, 0.2) is 0 Å². The smallest absolute Gasteiger partial charge is 0.320 e. The van der Waals surface area contributed by atoms with Crippen LogP contribution in [0.3, 0.4) is 0 Å². The van der Waals surface area contributed by atoms with E-state index in [1.54, 1.807) is 0 Å². The molecule has 1 aliphatic carbocycles. The van der Waals surface area contributed by atoms with Crippen molar-refractivity contribution >= 4 is 5.97 Å². The Morgan fingerprint density at radius 3 is 2.62 bits per heavy atom. The molecule has 2 rings (SSSR count). The molecule has 0 bridgehead atoms. The summed E-state index contributed by atoms with van der Waals surface area (Å²) in [6, 6.07) is -0.180. The first-order valence-corrected chi connectivity index (χ1v) is 5.24. The molecule has 1 atom stereocenters. The highest BCUT2D eigenvalue weighted by molar-refractivity contribution is 5.73. The fourth-order valence-electron chi connectivity index (χ4n) is 2.33. The van der Waals surface area contributed by atoms with Gasteiger partial charge in [-0.15, -0.1) is 0 Å². The van der Waals surface area contributed by atoms with E-state index in [-0.39, 0.29) is 6.04 Å². The zero-order valence-corrected chi connectivity index (χ0v) is 7.91. The summed E-state index contributed by atoms with van der Waals surface area (Å²) >= 11 is 0. The van der Waals surface area contributed by atoms with Crippen LogP contribution in [0, 0.1) is 5.92 Å². The molecule has 0 amide bonds. The first-order valence-electron chi connectivity index (χ1n) is 5.24. The number of likely N-dealkylation sites (tertiary alicyclic amines) is 1. The van der Waals surface area contributed by atoms with Crippen molar-refractivity contribution in [2.24, 2.45) is 5.92 Å². The fourth-order valence-corrected chi connectivity index (χ4v) is 2.33. The van der Waals surface area contributed by atoms with E-state index in [1.807, 2.05) is 0 Å². The van der Waals surface area contributed by atoms with Gasteiger partial charge in [-0.3, -0.25) is 9.69 Å². The van der Waals surface area contributed by atoms with Gasteiger partial charge in [-0.05, 0) is 38.1 Å². The Balaban J connectivity index is 1.85. The molecule has 74 valence electrons. The van der Waals surface area contributed by atoms with Gasteiger partial charge in [-0.2, -0.15) is 0 Å². The fraction of sp³-hybridized carbons (Fsp3) is 0.900. The van der Waals surface area contributed by atoms with Crippen LogP contribution in [0.1, 0.15) is 32.1 Å². The number of rotatable bonds is 3. The van der Waals surface area contributed by atoms with Crippen LogP contribution in [0.2, 0.25) is 0 Å². The monoisotopic (exact) mass is 183 g/mol. The van der Waals surface area contributed by atoms with Crippen molar-refractivity contribution < 1.29 is 9.90 Å². The van der Waals surface area contributed by atoms with Gasteiger partial charge in [-0.25, -0.2) is 0 Å². The molecular formula is C10H17NO2. The first kappa shape index (κ1) is 9.00. The lowest BCUT2D eigenvalue weighted by Crippen LogP contribution is -2.40. The summed E-state index contributed by atoms with van der Waals surface area (Å²) in [4.78, 5) is 13.0. The van der Waals surface area contributed by atoms with E-state index in [0.717, 1.165) is 31.8 Å². The number of carboxylic acid groups (broad SMARTS) is 1. The third kappa shape index (κ3) is 1.85. The molecule has 13 heavy (non-hydrogen) atoms. The number of nitrogens with zero attached hydrogens (tertiary/aromatic N) is 1. The van der Waals surface area contributed by atoms with Crippen LogP contribution in [-0.4, -0.2) is 35.1 Å². The van der Waals surface area contributed by atoms with E-state index in [1.165, 1.54) is 19.3 Å². The number of hydrogen-bond acceptors (Lipinski definition) is 2. The predicted molar refractivity (Wildman–Crippen MR) is 49.6 cm³/mol. The van der Waals surface area contributed by atoms with Crippen molar-refractivity contribution in [3.05, 3.63) is 0 Å². The minimum Gasteiger partial charge on any atom is -0.480 e. The highest BCUT2D eigenvalue weighted by Gasteiger charge is 2.32. The van der Waals surface area contributed by atoms with Gasteiger partial charge < -0.3 is 5.11 Å². The molecule has 2 aliphatic rings. The van der Waals surface area contributed by atoms with Crippen LogP contribution < -0.4 is 0 Å². The topological polar surface area (TPSA) is 40.5 Å². The highest BCUT2D eigenvalue weighted by Crippen LogP contribution is 2.29. The molecule has 1 aliphatic heterocycles. The standard InChI is InChI=1S/C10H17NO2/c12-10(13)9-5-2-6-11(9)7-8-3-1-4-8/h8-9H,1-7H2,(H,12,13). The van der Waals surface area contributed by atoms with Gasteiger partial charge in [0.2, 0.25) is 0 Å². The van der Waals surface area contributed by atoms with E-state index in [9.17, 15) is 4.79 Å². The van der Waals surface area contributed by atoms with Crippen molar-refractivity contribution in [2.45, 2.75) is 38.1 Å². The lowest BCUT2D eigenvalue weighted by atomic mass is 9.85. The first-order chi connectivity index (χ1) is 6.27. The summed E-state index contributed by atoms with van der Waals surface area (Å²) < 4.78 is 0. The second-order valence-corrected chi connectivity index (χ2v) is 4.29. The molecular weight excluding hydrogens is 166 g/mol. The van der Waals surface area contributed by atoms with Crippen molar-refractivity contribution in [2.75, 3.05) is 13.1 Å². The number of aliphatic carboxylic acids is 1. The van der Waals surface area contributed by atoms with Gasteiger partial charge in [0.1, 0.15) is 6.04 Å². The Hall–Kier alpha value is -0.570. The summed E-state index contributed by atoms with van der Waals surface area (Å²) in [7, 11) is 0. The molecule has 2 fully saturated rings. The van der Waals surface area contributed by atoms with Crippen molar-refractivity contribution in [1.82, 2.24) is 4.90 Å². The normalized spacial score (nSPS) is 30.3. The Morgan fingerprint density at radius 1 is 1.31 bits per heavy atom. The molecule has 1 N–H and O–H groups in total. The quantitative estimate of drug-likeness (QED) is 0.717. The maximum absolute atomic E-state index is 10.9. The summed E-state index contributed by atoms with van der Waals surface area (Å²) in [6.45, 7) is 2.02. The molecule has 0 aromatic rings. The predicted octanol–water partition coefficient (Wildman–Crippen LogP) is 1.34. The van der Waals surface area contributed by atoms with E-state index in [0.29, 0.717) is 0 Å². The molecule has 0 spiro atoms. The SMILES string of the molecule is O=C(O)C1CCCN1CC1CCC1. The molecule has 3 heteroatoms. The van der Waals surface area contributed by atoms with Gasteiger partial charge in [0.05, 0.1) is 0 Å². The van der Waals surface area contributed by atoms with Crippen molar-refractivity contribution in [3.63, 3.8) is 0 Å². The minimum atomic E-state index is -0.628. The number of carboxylic acids is 1. The summed E-state index contributed by atoms with van der Waals surface area (Å²) in [6.07, 6.45) is 5.87.